The Hall–Kier alpha value is -1.69. The van der Waals surface area contributed by atoms with E-state index in [4.69, 9.17) is 0 Å². The second-order valence-corrected chi connectivity index (χ2v) is 4.30. The topological polar surface area (TPSA) is 57.8 Å². The van der Waals surface area contributed by atoms with Gasteiger partial charge in [-0.05, 0) is 24.3 Å². The molecule has 17 heavy (non-hydrogen) atoms. The van der Waals surface area contributed by atoms with Crippen molar-refractivity contribution in [1.29, 1.82) is 0 Å². The van der Waals surface area contributed by atoms with Crippen molar-refractivity contribution in [2.45, 2.75) is 6.54 Å². The highest BCUT2D eigenvalue weighted by Crippen LogP contribution is 2.15. The van der Waals surface area contributed by atoms with Gasteiger partial charge in [-0.25, -0.2) is 4.39 Å². The van der Waals surface area contributed by atoms with Crippen LogP contribution < -0.4 is 5.32 Å². The third kappa shape index (κ3) is 2.91. The number of aromatic nitrogens is 2. The molecular weight excluding hydrogens is 289 g/mol. The molecule has 0 saturated heterocycles. The zero-order valence-corrected chi connectivity index (χ0v) is 10.3. The number of hydrogen-bond acceptors (Lipinski definition) is 2. The second-order valence-electron chi connectivity index (χ2n) is 3.39. The summed E-state index contributed by atoms with van der Waals surface area (Å²) in [6, 6.07) is 6.13. The average molecular weight is 298 g/mol. The number of halogens is 2. The molecular formula is C11H9BrFN3O. The van der Waals surface area contributed by atoms with Crippen molar-refractivity contribution in [3.05, 3.63) is 52.0 Å². The Balaban J connectivity index is 2.03. The highest BCUT2D eigenvalue weighted by Gasteiger charge is 2.08. The van der Waals surface area contributed by atoms with Crippen molar-refractivity contribution >= 4 is 21.8 Å². The number of carbonyl (C=O) groups is 1. The van der Waals surface area contributed by atoms with Gasteiger partial charge < -0.3 is 5.32 Å². The first-order valence-electron chi connectivity index (χ1n) is 4.88. The molecule has 88 valence electrons. The summed E-state index contributed by atoms with van der Waals surface area (Å²) in [7, 11) is 0. The Morgan fingerprint density at radius 1 is 1.47 bits per heavy atom. The smallest absolute Gasteiger partial charge is 0.269 e. The summed E-state index contributed by atoms with van der Waals surface area (Å²) in [6.45, 7) is 0.128. The Kier molecular flexibility index (Phi) is 3.53. The van der Waals surface area contributed by atoms with Gasteiger partial charge in [-0.1, -0.05) is 15.9 Å². The molecule has 2 aromatic rings. The maximum Gasteiger partial charge on any atom is 0.269 e. The van der Waals surface area contributed by atoms with Crippen LogP contribution >= 0.6 is 15.9 Å². The number of carbonyl (C=O) groups excluding carboxylic acids is 1. The number of hydrogen-bond donors (Lipinski definition) is 2. The van der Waals surface area contributed by atoms with E-state index < -0.39 is 0 Å². The van der Waals surface area contributed by atoms with E-state index in [1.807, 2.05) is 0 Å². The summed E-state index contributed by atoms with van der Waals surface area (Å²) in [6.07, 6.45) is 1.48. The van der Waals surface area contributed by atoms with E-state index >= 15 is 0 Å². The molecule has 0 bridgehead atoms. The first-order valence-corrected chi connectivity index (χ1v) is 5.67. The van der Waals surface area contributed by atoms with Crippen LogP contribution in [0.25, 0.3) is 0 Å². The molecule has 0 aliphatic heterocycles. The number of amides is 1. The van der Waals surface area contributed by atoms with Crippen molar-refractivity contribution in [2.75, 3.05) is 0 Å². The van der Waals surface area contributed by atoms with Gasteiger partial charge in [0.1, 0.15) is 11.5 Å². The molecule has 0 aliphatic carbocycles. The van der Waals surface area contributed by atoms with Crippen LogP contribution in [0.4, 0.5) is 4.39 Å². The van der Waals surface area contributed by atoms with Crippen LogP contribution in [0.5, 0.6) is 0 Å². The number of benzene rings is 1. The zero-order valence-electron chi connectivity index (χ0n) is 8.71. The van der Waals surface area contributed by atoms with Gasteiger partial charge in [-0.3, -0.25) is 9.89 Å². The van der Waals surface area contributed by atoms with E-state index in [0.29, 0.717) is 11.3 Å². The van der Waals surface area contributed by atoms with Gasteiger partial charge in [0.15, 0.2) is 0 Å². The molecule has 0 radical (unpaired) electrons. The largest absolute Gasteiger partial charge is 0.347 e. The molecule has 0 unspecified atom stereocenters. The number of nitrogens with zero attached hydrogens (tertiary/aromatic N) is 1. The number of H-pyrrole nitrogens is 1. The van der Waals surface area contributed by atoms with E-state index in [1.165, 1.54) is 12.3 Å². The summed E-state index contributed by atoms with van der Waals surface area (Å²) in [5.41, 5.74) is 0.771. The van der Waals surface area contributed by atoms with Crippen LogP contribution in [0.15, 0.2) is 34.9 Å². The predicted octanol–water partition coefficient (Wildman–Crippen LogP) is 2.24. The summed E-state index contributed by atoms with van der Waals surface area (Å²) in [5.74, 6) is -0.667. The number of aromatic amines is 1. The lowest BCUT2D eigenvalue weighted by atomic mass is 10.2. The molecule has 4 nitrogen and oxygen atoms in total. The average Bonchev–Trinajstić information content (AvgIpc) is 2.83. The van der Waals surface area contributed by atoms with E-state index in [2.05, 4.69) is 31.4 Å². The lowest BCUT2D eigenvalue weighted by Gasteiger charge is -2.05. The van der Waals surface area contributed by atoms with Crippen LogP contribution in [0.2, 0.25) is 0 Å². The minimum absolute atomic E-state index is 0.128. The molecule has 1 aromatic heterocycles. The summed E-state index contributed by atoms with van der Waals surface area (Å²) >= 11 is 3.25. The van der Waals surface area contributed by atoms with E-state index in [1.54, 1.807) is 18.2 Å². The summed E-state index contributed by atoms with van der Waals surface area (Å²) in [5, 5.41) is 8.80. The first-order chi connectivity index (χ1) is 8.16. The zero-order chi connectivity index (χ0) is 12.3. The fourth-order valence-corrected chi connectivity index (χ4v) is 1.74. The van der Waals surface area contributed by atoms with Gasteiger partial charge in [0.05, 0.1) is 0 Å². The lowest BCUT2D eigenvalue weighted by Crippen LogP contribution is -2.23. The highest BCUT2D eigenvalue weighted by atomic mass is 79.9. The van der Waals surface area contributed by atoms with Crippen molar-refractivity contribution in [2.24, 2.45) is 0 Å². The van der Waals surface area contributed by atoms with Gasteiger partial charge in [-0.2, -0.15) is 5.10 Å². The van der Waals surface area contributed by atoms with Gasteiger partial charge in [0.25, 0.3) is 5.91 Å². The van der Waals surface area contributed by atoms with Crippen LogP contribution in [-0.4, -0.2) is 16.1 Å². The highest BCUT2D eigenvalue weighted by molar-refractivity contribution is 9.10. The third-order valence-corrected chi connectivity index (χ3v) is 2.69. The summed E-state index contributed by atoms with van der Waals surface area (Å²) in [4.78, 5) is 11.6. The lowest BCUT2D eigenvalue weighted by molar-refractivity contribution is 0.0945. The first kappa shape index (κ1) is 11.8. The van der Waals surface area contributed by atoms with Crippen molar-refractivity contribution in [1.82, 2.24) is 15.5 Å². The Labute approximate surface area is 105 Å². The fraction of sp³-hybridized carbons (Fsp3) is 0.0909. The molecule has 0 saturated carbocycles. The molecule has 1 amide bonds. The van der Waals surface area contributed by atoms with Crippen LogP contribution in [0, 0.1) is 5.82 Å². The van der Waals surface area contributed by atoms with Gasteiger partial charge in [-0.15, -0.1) is 0 Å². The van der Waals surface area contributed by atoms with Crippen molar-refractivity contribution in [3.8, 4) is 0 Å². The predicted molar refractivity (Wildman–Crippen MR) is 63.9 cm³/mol. The Morgan fingerprint density at radius 3 is 3.00 bits per heavy atom. The van der Waals surface area contributed by atoms with Crippen LogP contribution in [0.3, 0.4) is 0 Å². The molecule has 0 spiro atoms. The third-order valence-electron chi connectivity index (χ3n) is 2.19. The number of rotatable bonds is 3. The molecule has 1 heterocycles. The van der Waals surface area contributed by atoms with Crippen LogP contribution in [-0.2, 0) is 6.54 Å². The van der Waals surface area contributed by atoms with Crippen molar-refractivity contribution < 1.29 is 9.18 Å². The molecule has 2 rings (SSSR count). The van der Waals surface area contributed by atoms with Gasteiger partial charge >= 0.3 is 0 Å². The van der Waals surface area contributed by atoms with E-state index in [0.717, 1.165) is 4.47 Å². The SMILES string of the molecule is O=C(NCc1cc(Br)ccc1F)c1ccn[nH]1. The van der Waals surface area contributed by atoms with Crippen molar-refractivity contribution in [3.63, 3.8) is 0 Å². The normalized spacial score (nSPS) is 10.2. The van der Waals surface area contributed by atoms with Gasteiger partial charge in [0.2, 0.25) is 0 Å². The Bertz CT molecular complexity index is 528. The molecule has 0 fully saturated rings. The molecule has 0 aliphatic rings. The van der Waals surface area contributed by atoms with Gasteiger partial charge in [0, 0.05) is 22.8 Å². The molecule has 1 aromatic carbocycles. The van der Waals surface area contributed by atoms with E-state index in [9.17, 15) is 9.18 Å². The minimum atomic E-state index is -0.349. The fourth-order valence-electron chi connectivity index (χ4n) is 1.33. The monoisotopic (exact) mass is 297 g/mol. The maximum atomic E-state index is 13.4. The molecule has 6 heteroatoms. The second kappa shape index (κ2) is 5.09. The Morgan fingerprint density at radius 2 is 2.29 bits per heavy atom. The summed E-state index contributed by atoms with van der Waals surface area (Å²) < 4.78 is 14.1. The minimum Gasteiger partial charge on any atom is -0.347 e. The standard InChI is InChI=1S/C11H9BrFN3O/c12-8-1-2-9(13)7(5-8)6-14-11(17)10-3-4-15-16-10/h1-5H,6H2,(H,14,17)(H,15,16). The molecule has 0 atom stereocenters. The maximum absolute atomic E-state index is 13.4. The number of nitrogens with one attached hydrogen (secondary N) is 2. The molecule has 2 N–H and O–H groups in total. The van der Waals surface area contributed by atoms with Crippen LogP contribution in [0.1, 0.15) is 16.1 Å². The van der Waals surface area contributed by atoms with E-state index in [-0.39, 0.29) is 18.3 Å². The quantitative estimate of drug-likeness (QED) is 0.913.